The number of piperidine rings is 1. The summed E-state index contributed by atoms with van der Waals surface area (Å²) in [6, 6.07) is 8.91. The molecule has 1 aromatic carbocycles. The summed E-state index contributed by atoms with van der Waals surface area (Å²) in [5.74, 6) is 0.880. The van der Waals surface area contributed by atoms with Gasteiger partial charge in [-0.05, 0) is 55.8 Å². The topological polar surface area (TPSA) is 12.0 Å². The Hall–Kier alpha value is -0.530. The summed E-state index contributed by atoms with van der Waals surface area (Å²) in [5.41, 5.74) is 1.35. The zero-order chi connectivity index (χ0) is 11.4. The number of nitrogens with one attached hydrogen (secondary N) is 1. The van der Waals surface area contributed by atoms with Crippen LogP contribution in [0.15, 0.2) is 24.3 Å². The number of benzene rings is 1. The quantitative estimate of drug-likeness (QED) is 0.846. The number of aryl methyl sites for hydroxylation is 1. The lowest BCUT2D eigenvalue weighted by atomic mass is 9.91. The molecular formula is C14H20ClN. The maximum absolute atomic E-state index is 5.97. The summed E-state index contributed by atoms with van der Waals surface area (Å²) in [5, 5.41) is 4.45. The molecule has 1 aliphatic rings. The molecule has 0 bridgehead atoms. The highest BCUT2D eigenvalue weighted by molar-refractivity contribution is 6.30. The van der Waals surface area contributed by atoms with Gasteiger partial charge in [-0.1, -0.05) is 30.7 Å². The van der Waals surface area contributed by atoms with E-state index in [2.05, 4.69) is 24.4 Å². The molecule has 2 heteroatoms. The van der Waals surface area contributed by atoms with E-state index in [1.165, 1.54) is 31.4 Å². The van der Waals surface area contributed by atoms with Crippen LogP contribution >= 0.6 is 11.6 Å². The van der Waals surface area contributed by atoms with Crippen molar-refractivity contribution in [2.24, 2.45) is 5.92 Å². The summed E-state index contributed by atoms with van der Waals surface area (Å²) in [6.45, 7) is 3.54. The first-order valence-corrected chi connectivity index (χ1v) is 6.59. The van der Waals surface area contributed by atoms with Crippen LogP contribution in [0.1, 0.15) is 31.7 Å². The molecule has 88 valence electrons. The molecule has 1 aliphatic heterocycles. The fraction of sp³-hybridized carbons (Fsp3) is 0.571. The van der Waals surface area contributed by atoms with Crippen molar-refractivity contribution in [1.29, 1.82) is 0 Å². The van der Waals surface area contributed by atoms with E-state index in [0.717, 1.165) is 17.4 Å². The van der Waals surface area contributed by atoms with Crippen LogP contribution in [0.25, 0.3) is 0 Å². The molecular weight excluding hydrogens is 218 g/mol. The third-order valence-electron chi connectivity index (χ3n) is 3.43. The van der Waals surface area contributed by atoms with Crippen LogP contribution in [0.2, 0.25) is 5.02 Å². The molecule has 16 heavy (non-hydrogen) atoms. The van der Waals surface area contributed by atoms with Gasteiger partial charge in [-0.25, -0.2) is 0 Å². The van der Waals surface area contributed by atoms with Gasteiger partial charge >= 0.3 is 0 Å². The van der Waals surface area contributed by atoms with Crippen molar-refractivity contribution in [3.63, 3.8) is 0 Å². The average Bonchev–Trinajstić information content (AvgIpc) is 2.27. The Morgan fingerprint density at radius 2 is 2.31 bits per heavy atom. The second-order valence-electron chi connectivity index (χ2n) is 4.95. The molecule has 1 heterocycles. The Labute approximate surface area is 103 Å². The van der Waals surface area contributed by atoms with E-state index in [-0.39, 0.29) is 0 Å². The monoisotopic (exact) mass is 237 g/mol. The number of hydrogen-bond donors (Lipinski definition) is 1. The minimum Gasteiger partial charge on any atom is -0.314 e. The first kappa shape index (κ1) is 11.9. The highest BCUT2D eigenvalue weighted by Crippen LogP contribution is 2.19. The van der Waals surface area contributed by atoms with Crippen molar-refractivity contribution in [3.8, 4) is 0 Å². The van der Waals surface area contributed by atoms with Gasteiger partial charge in [0.2, 0.25) is 0 Å². The molecule has 0 aliphatic carbocycles. The van der Waals surface area contributed by atoms with Crippen LogP contribution in [0, 0.1) is 5.92 Å². The zero-order valence-electron chi connectivity index (χ0n) is 9.88. The van der Waals surface area contributed by atoms with Gasteiger partial charge in [0.25, 0.3) is 0 Å². The second kappa shape index (κ2) is 5.70. The molecule has 1 N–H and O–H groups in total. The van der Waals surface area contributed by atoms with E-state index in [1.54, 1.807) is 0 Å². The smallest absolute Gasteiger partial charge is 0.0408 e. The van der Waals surface area contributed by atoms with Crippen LogP contribution in [0.4, 0.5) is 0 Å². The molecule has 0 aromatic heterocycles. The Morgan fingerprint density at radius 3 is 3.06 bits per heavy atom. The number of hydrogen-bond acceptors (Lipinski definition) is 1. The van der Waals surface area contributed by atoms with Gasteiger partial charge in [-0.3, -0.25) is 0 Å². The Morgan fingerprint density at radius 1 is 1.44 bits per heavy atom. The molecule has 1 saturated heterocycles. The second-order valence-corrected chi connectivity index (χ2v) is 5.39. The van der Waals surface area contributed by atoms with E-state index in [4.69, 9.17) is 11.6 Å². The van der Waals surface area contributed by atoms with Crippen molar-refractivity contribution < 1.29 is 0 Å². The van der Waals surface area contributed by atoms with Crippen LogP contribution < -0.4 is 5.32 Å². The van der Waals surface area contributed by atoms with Gasteiger partial charge in [0.05, 0.1) is 0 Å². The van der Waals surface area contributed by atoms with Crippen molar-refractivity contribution in [1.82, 2.24) is 5.32 Å². The molecule has 0 amide bonds. The lowest BCUT2D eigenvalue weighted by molar-refractivity contribution is 0.308. The van der Waals surface area contributed by atoms with Crippen molar-refractivity contribution >= 4 is 11.6 Å². The highest BCUT2D eigenvalue weighted by atomic mass is 35.5. The van der Waals surface area contributed by atoms with Gasteiger partial charge in [0, 0.05) is 11.1 Å². The van der Waals surface area contributed by atoms with Gasteiger partial charge in [-0.2, -0.15) is 0 Å². The Kier molecular flexibility index (Phi) is 4.25. The molecule has 1 nitrogen and oxygen atoms in total. The van der Waals surface area contributed by atoms with E-state index < -0.39 is 0 Å². The third kappa shape index (κ3) is 3.50. The van der Waals surface area contributed by atoms with E-state index in [0.29, 0.717) is 6.04 Å². The van der Waals surface area contributed by atoms with Crippen molar-refractivity contribution in [3.05, 3.63) is 34.9 Å². The fourth-order valence-corrected chi connectivity index (χ4v) is 2.69. The van der Waals surface area contributed by atoms with Gasteiger partial charge in [-0.15, -0.1) is 0 Å². The summed E-state index contributed by atoms with van der Waals surface area (Å²) >= 11 is 5.97. The largest absolute Gasteiger partial charge is 0.314 e. The number of rotatable bonds is 3. The van der Waals surface area contributed by atoms with Crippen molar-refractivity contribution in [2.45, 2.75) is 38.6 Å². The van der Waals surface area contributed by atoms with Gasteiger partial charge in [0.1, 0.15) is 0 Å². The van der Waals surface area contributed by atoms with Crippen molar-refractivity contribution in [2.75, 3.05) is 6.54 Å². The van der Waals surface area contributed by atoms with Crippen LogP contribution in [-0.4, -0.2) is 12.6 Å². The maximum Gasteiger partial charge on any atom is 0.0408 e. The molecule has 1 fully saturated rings. The van der Waals surface area contributed by atoms with Gasteiger partial charge in [0.15, 0.2) is 0 Å². The molecule has 0 spiro atoms. The normalized spacial score (nSPS) is 25.6. The molecule has 1 aromatic rings. The highest BCUT2D eigenvalue weighted by Gasteiger charge is 2.17. The summed E-state index contributed by atoms with van der Waals surface area (Å²) in [4.78, 5) is 0. The molecule has 2 unspecified atom stereocenters. The van der Waals surface area contributed by atoms with Gasteiger partial charge < -0.3 is 5.32 Å². The van der Waals surface area contributed by atoms with E-state index in [1.807, 2.05) is 12.1 Å². The van der Waals surface area contributed by atoms with E-state index in [9.17, 15) is 0 Å². The molecule has 2 atom stereocenters. The lowest BCUT2D eigenvalue weighted by Gasteiger charge is -2.28. The van der Waals surface area contributed by atoms with Crippen LogP contribution in [0.5, 0.6) is 0 Å². The average molecular weight is 238 g/mol. The standard InChI is InChI=1S/C14H20ClN/c1-11-7-8-16-14(9-11)6-5-12-3-2-4-13(15)10-12/h2-4,10-11,14,16H,5-9H2,1H3. The first-order valence-electron chi connectivity index (χ1n) is 6.22. The minimum absolute atomic E-state index is 0.697. The number of halogens is 1. The maximum atomic E-state index is 5.97. The summed E-state index contributed by atoms with van der Waals surface area (Å²) in [7, 11) is 0. The Balaban J connectivity index is 1.82. The molecule has 2 rings (SSSR count). The SMILES string of the molecule is CC1CCNC(CCc2cccc(Cl)c2)C1. The third-order valence-corrected chi connectivity index (χ3v) is 3.66. The Bertz CT molecular complexity index is 337. The molecule has 0 saturated carbocycles. The first-order chi connectivity index (χ1) is 7.74. The van der Waals surface area contributed by atoms with Crippen LogP contribution in [-0.2, 0) is 6.42 Å². The minimum atomic E-state index is 0.697. The fourth-order valence-electron chi connectivity index (χ4n) is 2.47. The van der Waals surface area contributed by atoms with Crippen LogP contribution in [0.3, 0.4) is 0 Å². The lowest BCUT2D eigenvalue weighted by Crippen LogP contribution is -2.37. The molecule has 0 radical (unpaired) electrons. The predicted octanol–water partition coefficient (Wildman–Crippen LogP) is 3.66. The summed E-state index contributed by atoms with van der Waals surface area (Å²) < 4.78 is 0. The summed E-state index contributed by atoms with van der Waals surface area (Å²) in [6.07, 6.45) is 5.00. The van der Waals surface area contributed by atoms with E-state index >= 15 is 0 Å². The zero-order valence-corrected chi connectivity index (χ0v) is 10.6. The predicted molar refractivity (Wildman–Crippen MR) is 70.0 cm³/mol.